The number of hydrogen-bond acceptors (Lipinski definition) is 8. The van der Waals surface area contributed by atoms with Crippen LogP contribution in [-0.2, 0) is 15.1 Å². The minimum Gasteiger partial charge on any atom is -0.397 e. The summed E-state index contributed by atoms with van der Waals surface area (Å²) < 4.78 is 7.25. The third-order valence-electron chi connectivity index (χ3n) is 8.36. The van der Waals surface area contributed by atoms with Gasteiger partial charge in [-0.1, -0.05) is 27.7 Å². The topological polar surface area (TPSA) is 157 Å². The van der Waals surface area contributed by atoms with Crippen molar-refractivity contribution in [3.05, 3.63) is 16.3 Å². The van der Waals surface area contributed by atoms with E-state index in [9.17, 15) is 30.3 Å². The van der Waals surface area contributed by atoms with E-state index in [1.165, 1.54) is 11.8 Å². The van der Waals surface area contributed by atoms with Crippen molar-refractivity contribution in [1.29, 1.82) is 0 Å². The number of amides is 1. The Morgan fingerprint density at radius 1 is 1.03 bits per heavy atom. The van der Waals surface area contributed by atoms with Crippen LogP contribution in [0, 0.1) is 21.5 Å². The second-order valence-corrected chi connectivity index (χ2v) is 13.6. The second-order valence-electron chi connectivity index (χ2n) is 10.4. The van der Waals surface area contributed by atoms with E-state index in [4.69, 9.17) is 10.5 Å². The van der Waals surface area contributed by atoms with E-state index in [2.05, 4.69) is 0 Å². The molecule has 1 saturated heterocycles. The van der Waals surface area contributed by atoms with Crippen LogP contribution in [0.15, 0.2) is 0 Å². The van der Waals surface area contributed by atoms with E-state index < -0.39 is 45.6 Å². The number of rotatable bonds is 3. The van der Waals surface area contributed by atoms with Gasteiger partial charge >= 0.3 is 0 Å². The lowest BCUT2D eigenvalue weighted by Crippen LogP contribution is -2.58. The fraction of sp³-hybridized carbons (Fsp3) is 0.667. The van der Waals surface area contributed by atoms with Gasteiger partial charge in [0.05, 0.1) is 26.5 Å². The van der Waals surface area contributed by atoms with Crippen molar-refractivity contribution in [2.75, 3.05) is 17.7 Å². The fourth-order valence-electron chi connectivity index (χ4n) is 5.61. The number of nitrogens with two attached hydrogens (primary N) is 1. The Bertz CT molecular complexity index is 1110. The number of nitrogen functional groups attached to an aromatic ring is 1. The number of hydrogen-bond donors (Lipinski definition) is 6. The molecule has 2 unspecified atom stereocenters. The first-order valence-electron chi connectivity index (χ1n) is 10.2. The molecule has 1 amide bonds. The Morgan fingerprint density at radius 2 is 1.52 bits per heavy atom. The van der Waals surface area contributed by atoms with Gasteiger partial charge in [-0.05, 0) is 67.8 Å². The van der Waals surface area contributed by atoms with Gasteiger partial charge in [0.1, 0.15) is 11.7 Å². The molecule has 0 spiro atoms. The minimum absolute atomic E-state index is 0.127. The van der Waals surface area contributed by atoms with Crippen molar-refractivity contribution in [2.24, 2.45) is 10.8 Å². The predicted octanol–water partition coefficient (Wildman–Crippen LogP) is 1.24. The Labute approximate surface area is 232 Å². The highest BCUT2D eigenvalue weighted by molar-refractivity contribution is 14.1. The summed E-state index contributed by atoms with van der Waals surface area (Å²) in [6.07, 6.45) is -2.86. The average Bonchev–Trinajstić information content (AvgIpc) is 3.21. The van der Waals surface area contributed by atoms with Crippen LogP contribution in [0.3, 0.4) is 0 Å². The highest BCUT2D eigenvalue weighted by Crippen LogP contribution is 2.81. The molecule has 1 aliphatic heterocycles. The normalized spacial score (nSPS) is 42.1. The van der Waals surface area contributed by atoms with Gasteiger partial charge < -0.3 is 40.9 Å². The third kappa shape index (κ3) is 2.56. The van der Waals surface area contributed by atoms with E-state index >= 15 is 0 Å². The Kier molecular flexibility index (Phi) is 5.66. The lowest BCUT2D eigenvalue weighted by molar-refractivity contribution is -0.231. The molecule has 2 saturated carbocycles. The number of nitrogens with zero attached hydrogens (tertiary/aromatic N) is 1. The summed E-state index contributed by atoms with van der Waals surface area (Å²) in [7, 11) is 1.57. The van der Waals surface area contributed by atoms with Crippen molar-refractivity contribution in [3.63, 3.8) is 0 Å². The van der Waals surface area contributed by atoms with Crippen LogP contribution < -0.4 is 10.6 Å². The highest BCUT2D eigenvalue weighted by Gasteiger charge is 3.00. The molecule has 0 radical (unpaired) electrons. The van der Waals surface area contributed by atoms with E-state index in [1.807, 2.05) is 67.8 Å². The van der Waals surface area contributed by atoms with Crippen LogP contribution in [-0.4, -0.2) is 67.7 Å². The van der Waals surface area contributed by atoms with Gasteiger partial charge in [-0.25, -0.2) is 0 Å². The zero-order valence-electron chi connectivity index (χ0n) is 18.9. The Balaban J connectivity index is 2.09. The maximum absolute atomic E-state index is 12.5. The van der Waals surface area contributed by atoms with Gasteiger partial charge in [-0.3, -0.25) is 4.79 Å². The number of fused-ring (bicyclic) bond motifs is 1. The summed E-state index contributed by atoms with van der Waals surface area (Å²) >= 11 is 5.94. The molecule has 3 fully saturated rings. The average molecular weight is 800 g/mol. The van der Waals surface area contributed by atoms with Gasteiger partial charge in [0.25, 0.3) is 0 Å². The fourth-order valence-corrected chi connectivity index (χ4v) is 10.3. The second kappa shape index (κ2) is 7.05. The summed E-state index contributed by atoms with van der Waals surface area (Å²) in [5.74, 6) is -2.47. The molecule has 184 valence electrons. The standard InChI is InChI=1S/C21H27I3N2O7/c1-7(27)26(6)13-10(23)8(9(22)12(25)11(13)24)18(29)15(19(30)14(28)16(19,2)3)33-21(32)17(4,5)20(18,21)31/h14-15,28-32H,25H2,1-6H3/t14?,15-,18+,19+,20+,21?/m0/s1. The van der Waals surface area contributed by atoms with E-state index in [1.54, 1.807) is 34.7 Å². The van der Waals surface area contributed by atoms with Gasteiger partial charge in [0.15, 0.2) is 11.2 Å². The van der Waals surface area contributed by atoms with Crippen molar-refractivity contribution in [3.8, 4) is 0 Å². The largest absolute Gasteiger partial charge is 0.397 e. The molecule has 2 aliphatic carbocycles. The van der Waals surface area contributed by atoms with Crippen LogP contribution in [0.4, 0.5) is 11.4 Å². The van der Waals surface area contributed by atoms with Crippen LogP contribution in [0.2, 0.25) is 0 Å². The first-order valence-corrected chi connectivity index (χ1v) is 13.4. The quantitative estimate of drug-likeness (QED) is 0.197. The van der Waals surface area contributed by atoms with Crippen LogP contribution in [0.1, 0.15) is 40.2 Å². The molecule has 0 aromatic heterocycles. The maximum Gasteiger partial charge on any atom is 0.223 e. The number of aliphatic hydroxyl groups is 5. The van der Waals surface area contributed by atoms with Gasteiger partial charge in [-0.2, -0.15) is 0 Å². The van der Waals surface area contributed by atoms with Crippen molar-refractivity contribution < 1.29 is 35.1 Å². The summed E-state index contributed by atoms with van der Waals surface area (Å²) in [4.78, 5) is 13.6. The number of carbonyl (C=O) groups excluding carboxylic acids is 1. The summed E-state index contributed by atoms with van der Waals surface area (Å²) in [5, 5.41) is 57.7. The number of anilines is 2. The van der Waals surface area contributed by atoms with Gasteiger partial charge in [0, 0.05) is 32.1 Å². The number of carbonyl (C=O) groups is 1. The Hall–Kier alpha value is 0.440. The molecule has 3 aliphatic rings. The molecule has 9 nitrogen and oxygen atoms in total. The van der Waals surface area contributed by atoms with Crippen LogP contribution in [0.25, 0.3) is 0 Å². The molecular formula is C21H27I3N2O7. The van der Waals surface area contributed by atoms with E-state index in [0.29, 0.717) is 16.4 Å². The highest BCUT2D eigenvalue weighted by atomic mass is 127. The lowest BCUT2D eigenvalue weighted by atomic mass is 9.74. The molecule has 6 atom stereocenters. The molecule has 12 heteroatoms. The summed E-state index contributed by atoms with van der Waals surface area (Å²) in [5.41, 5.74) is -1.76. The SMILES string of the molecule is CC(=O)N(C)c1c(I)c(N)c(I)c([C@@]2(O)[C@@H]([C@]3(O)C(O)C3(C)C)OC3(O)C(C)(C)[C@]32O)c1I. The van der Waals surface area contributed by atoms with Crippen molar-refractivity contribution >= 4 is 85.1 Å². The zero-order valence-corrected chi connectivity index (χ0v) is 25.3. The molecule has 4 rings (SSSR count). The molecule has 33 heavy (non-hydrogen) atoms. The number of benzene rings is 1. The first-order chi connectivity index (χ1) is 14.7. The van der Waals surface area contributed by atoms with Gasteiger partial charge in [0.2, 0.25) is 11.7 Å². The minimum atomic E-state index is -2.38. The zero-order chi connectivity index (χ0) is 25.5. The van der Waals surface area contributed by atoms with E-state index in [-0.39, 0.29) is 17.2 Å². The molecule has 0 bridgehead atoms. The van der Waals surface area contributed by atoms with Crippen molar-refractivity contribution in [2.45, 2.75) is 69.4 Å². The third-order valence-corrected chi connectivity index (χ3v) is 11.6. The predicted molar refractivity (Wildman–Crippen MR) is 145 cm³/mol. The Morgan fingerprint density at radius 3 is 1.94 bits per heavy atom. The number of ether oxygens (including phenoxy) is 1. The molecule has 1 aromatic carbocycles. The lowest BCUT2D eigenvalue weighted by Gasteiger charge is -2.42. The van der Waals surface area contributed by atoms with Crippen LogP contribution in [0.5, 0.6) is 0 Å². The monoisotopic (exact) mass is 800 g/mol. The maximum atomic E-state index is 12.5. The summed E-state index contributed by atoms with van der Waals surface area (Å²) in [6.45, 7) is 7.70. The number of aliphatic hydroxyl groups excluding tert-OH is 1. The molecule has 7 N–H and O–H groups in total. The van der Waals surface area contributed by atoms with E-state index in [0.717, 1.165) is 0 Å². The molecule has 1 heterocycles. The van der Waals surface area contributed by atoms with Crippen LogP contribution >= 0.6 is 67.8 Å². The number of halogens is 3. The van der Waals surface area contributed by atoms with Crippen molar-refractivity contribution in [1.82, 2.24) is 0 Å². The van der Waals surface area contributed by atoms with Gasteiger partial charge in [-0.15, -0.1) is 0 Å². The molecular weight excluding hydrogens is 773 g/mol. The first kappa shape index (κ1) is 26.5. The smallest absolute Gasteiger partial charge is 0.223 e. The summed E-state index contributed by atoms with van der Waals surface area (Å²) in [6, 6.07) is 0. The molecule has 1 aromatic rings.